The van der Waals surface area contributed by atoms with E-state index in [9.17, 15) is 8.42 Å². The van der Waals surface area contributed by atoms with Crippen LogP contribution in [-0.4, -0.2) is 56.3 Å². The maximum atomic E-state index is 12.5. The lowest BCUT2D eigenvalue weighted by atomic mass is 10.4. The van der Waals surface area contributed by atoms with Gasteiger partial charge in [0.15, 0.2) is 0 Å². The Labute approximate surface area is 120 Å². The molecule has 0 saturated heterocycles. The second kappa shape index (κ2) is 7.19. The predicted molar refractivity (Wildman–Crippen MR) is 76.9 cm³/mol. The summed E-state index contributed by atoms with van der Waals surface area (Å²) in [6.45, 7) is 3.52. The maximum Gasteiger partial charge on any atom is 0.246 e. The highest BCUT2D eigenvalue weighted by molar-refractivity contribution is 7.89. The van der Waals surface area contributed by atoms with E-state index in [1.807, 2.05) is 25.9 Å². The molecule has 0 bridgehead atoms. The Bertz CT molecular complexity index is 505. The van der Waals surface area contributed by atoms with E-state index in [4.69, 9.17) is 11.6 Å². The number of hydrogen-bond acceptors (Lipinski definition) is 4. The van der Waals surface area contributed by atoms with E-state index in [1.54, 1.807) is 0 Å². The molecule has 0 unspecified atom stereocenters. The van der Waals surface area contributed by atoms with Crippen LogP contribution in [-0.2, 0) is 10.0 Å². The van der Waals surface area contributed by atoms with Crippen molar-refractivity contribution in [3.63, 3.8) is 0 Å². The van der Waals surface area contributed by atoms with Crippen molar-refractivity contribution in [3.05, 3.63) is 23.5 Å². The summed E-state index contributed by atoms with van der Waals surface area (Å²) in [5.74, 6) is 0. The van der Waals surface area contributed by atoms with Crippen molar-refractivity contribution in [2.24, 2.45) is 0 Å². The summed E-state index contributed by atoms with van der Waals surface area (Å²) < 4.78 is 26.5. The third kappa shape index (κ3) is 4.42. The van der Waals surface area contributed by atoms with Crippen LogP contribution in [0.1, 0.15) is 13.3 Å². The molecule has 1 aromatic rings. The van der Waals surface area contributed by atoms with Gasteiger partial charge in [-0.2, -0.15) is 4.31 Å². The van der Waals surface area contributed by atoms with E-state index in [0.717, 1.165) is 6.42 Å². The van der Waals surface area contributed by atoms with Gasteiger partial charge in [0, 0.05) is 32.0 Å². The first-order valence-electron chi connectivity index (χ1n) is 6.14. The Morgan fingerprint density at radius 3 is 2.47 bits per heavy atom. The molecule has 0 aliphatic rings. The van der Waals surface area contributed by atoms with Crippen molar-refractivity contribution in [1.82, 2.24) is 14.2 Å². The third-order valence-corrected chi connectivity index (χ3v) is 4.99. The standard InChI is InChI=1S/C12H20ClN3O2S/c1-4-7-16(9-8-15(2)3)19(17,18)12-10-14-6-5-11(12)13/h5-6,10H,4,7-9H2,1-3H3. The zero-order valence-corrected chi connectivity index (χ0v) is 13.1. The van der Waals surface area contributed by atoms with Crippen molar-refractivity contribution >= 4 is 21.6 Å². The van der Waals surface area contributed by atoms with Gasteiger partial charge in [-0.25, -0.2) is 8.42 Å². The Morgan fingerprint density at radius 2 is 1.95 bits per heavy atom. The molecule has 0 saturated carbocycles. The summed E-state index contributed by atoms with van der Waals surface area (Å²) in [7, 11) is 0.244. The van der Waals surface area contributed by atoms with E-state index in [2.05, 4.69) is 4.98 Å². The van der Waals surface area contributed by atoms with Gasteiger partial charge < -0.3 is 4.90 Å². The molecular weight excluding hydrogens is 286 g/mol. The molecule has 0 atom stereocenters. The number of nitrogens with zero attached hydrogens (tertiary/aromatic N) is 3. The molecule has 0 radical (unpaired) electrons. The quantitative estimate of drug-likeness (QED) is 0.769. The lowest BCUT2D eigenvalue weighted by molar-refractivity contribution is 0.333. The highest BCUT2D eigenvalue weighted by Gasteiger charge is 2.26. The minimum atomic E-state index is -3.58. The van der Waals surface area contributed by atoms with Gasteiger partial charge in [0.05, 0.1) is 5.02 Å². The Kier molecular flexibility index (Phi) is 6.19. The summed E-state index contributed by atoms with van der Waals surface area (Å²) in [6, 6.07) is 1.49. The first-order chi connectivity index (χ1) is 8.89. The monoisotopic (exact) mass is 305 g/mol. The number of aromatic nitrogens is 1. The average Bonchev–Trinajstić information content (AvgIpc) is 2.34. The lowest BCUT2D eigenvalue weighted by Crippen LogP contribution is -2.37. The highest BCUT2D eigenvalue weighted by Crippen LogP contribution is 2.23. The van der Waals surface area contributed by atoms with Crippen LogP contribution in [0, 0.1) is 0 Å². The van der Waals surface area contributed by atoms with Gasteiger partial charge in [0.2, 0.25) is 10.0 Å². The summed E-state index contributed by atoms with van der Waals surface area (Å²) >= 11 is 5.96. The van der Waals surface area contributed by atoms with Crippen LogP contribution in [0.15, 0.2) is 23.4 Å². The smallest absolute Gasteiger partial charge is 0.246 e. The molecule has 0 aliphatic carbocycles. The number of halogens is 1. The maximum absolute atomic E-state index is 12.5. The first kappa shape index (κ1) is 16.4. The van der Waals surface area contributed by atoms with Crippen molar-refractivity contribution in [2.75, 3.05) is 33.7 Å². The van der Waals surface area contributed by atoms with Gasteiger partial charge in [-0.05, 0) is 26.6 Å². The first-order valence-corrected chi connectivity index (χ1v) is 7.95. The third-order valence-electron chi connectivity index (χ3n) is 2.62. The van der Waals surface area contributed by atoms with Gasteiger partial charge >= 0.3 is 0 Å². The fourth-order valence-electron chi connectivity index (χ4n) is 1.61. The molecule has 5 nitrogen and oxygen atoms in total. The Morgan fingerprint density at radius 1 is 1.26 bits per heavy atom. The van der Waals surface area contributed by atoms with Gasteiger partial charge in [-0.15, -0.1) is 0 Å². The largest absolute Gasteiger partial charge is 0.308 e. The fourth-order valence-corrected chi connectivity index (χ4v) is 3.53. The highest BCUT2D eigenvalue weighted by atomic mass is 35.5. The molecule has 0 aromatic carbocycles. The number of rotatable bonds is 7. The van der Waals surface area contributed by atoms with E-state index in [1.165, 1.54) is 22.8 Å². The van der Waals surface area contributed by atoms with E-state index >= 15 is 0 Å². The summed E-state index contributed by atoms with van der Waals surface area (Å²) in [5, 5.41) is 0.209. The van der Waals surface area contributed by atoms with E-state index in [0.29, 0.717) is 19.6 Å². The Hall–Kier alpha value is -0.690. The fraction of sp³-hybridized carbons (Fsp3) is 0.583. The van der Waals surface area contributed by atoms with Gasteiger partial charge in [-0.1, -0.05) is 18.5 Å². The zero-order valence-electron chi connectivity index (χ0n) is 11.5. The topological polar surface area (TPSA) is 53.5 Å². The van der Waals surface area contributed by atoms with Crippen molar-refractivity contribution in [1.29, 1.82) is 0 Å². The van der Waals surface area contributed by atoms with Crippen LogP contribution in [0.2, 0.25) is 5.02 Å². The molecule has 0 fully saturated rings. The molecule has 0 spiro atoms. The molecule has 108 valence electrons. The van der Waals surface area contributed by atoms with Crippen LogP contribution in [0.25, 0.3) is 0 Å². The summed E-state index contributed by atoms with van der Waals surface area (Å²) in [6.07, 6.45) is 3.53. The minimum absolute atomic E-state index is 0.0730. The molecule has 1 rings (SSSR count). The van der Waals surface area contributed by atoms with Crippen LogP contribution in [0.4, 0.5) is 0 Å². The summed E-state index contributed by atoms with van der Waals surface area (Å²) in [4.78, 5) is 5.87. The van der Waals surface area contributed by atoms with Crippen molar-refractivity contribution in [2.45, 2.75) is 18.2 Å². The SMILES string of the molecule is CCCN(CCN(C)C)S(=O)(=O)c1cnccc1Cl. The van der Waals surface area contributed by atoms with Crippen molar-refractivity contribution < 1.29 is 8.42 Å². The van der Waals surface area contributed by atoms with Crippen LogP contribution < -0.4 is 0 Å². The molecule has 7 heteroatoms. The van der Waals surface area contributed by atoms with Crippen LogP contribution in [0.3, 0.4) is 0 Å². The Balaban J connectivity index is 3.03. The van der Waals surface area contributed by atoms with E-state index in [-0.39, 0.29) is 9.92 Å². The number of pyridine rings is 1. The van der Waals surface area contributed by atoms with Crippen molar-refractivity contribution in [3.8, 4) is 0 Å². The second-order valence-electron chi connectivity index (χ2n) is 4.51. The predicted octanol–water partition coefficient (Wildman–Crippen LogP) is 1.70. The minimum Gasteiger partial charge on any atom is -0.308 e. The normalized spacial score (nSPS) is 12.3. The number of hydrogen-bond donors (Lipinski definition) is 0. The molecule has 19 heavy (non-hydrogen) atoms. The number of sulfonamides is 1. The molecule has 1 heterocycles. The average molecular weight is 306 g/mol. The molecule has 0 N–H and O–H groups in total. The lowest BCUT2D eigenvalue weighted by Gasteiger charge is -2.23. The van der Waals surface area contributed by atoms with Crippen LogP contribution >= 0.6 is 11.6 Å². The zero-order chi connectivity index (χ0) is 14.5. The van der Waals surface area contributed by atoms with Gasteiger partial charge in [0.1, 0.15) is 4.90 Å². The molecular formula is C12H20ClN3O2S. The van der Waals surface area contributed by atoms with E-state index < -0.39 is 10.0 Å². The number of likely N-dealkylation sites (N-methyl/N-ethyl adjacent to an activating group) is 1. The molecule has 1 aromatic heterocycles. The van der Waals surface area contributed by atoms with Gasteiger partial charge in [0.25, 0.3) is 0 Å². The van der Waals surface area contributed by atoms with Gasteiger partial charge in [-0.3, -0.25) is 4.98 Å². The van der Waals surface area contributed by atoms with Crippen LogP contribution in [0.5, 0.6) is 0 Å². The molecule has 0 aliphatic heterocycles. The second-order valence-corrected chi connectivity index (χ2v) is 6.83. The molecule has 0 amide bonds. The summed E-state index contributed by atoms with van der Waals surface area (Å²) in [5.41, 5.74) is 0.